The number of anilines is 1. The molecule has 0 bridgehead atoms. The highest BCUT2D eigenvalue weighted by molar-refractivity contribution is 9.10. The van der Waals surface area contributed by atoms with Crippen LogP contribution in [0.2, 0.25) is 0 Å². The quantitative estimate of drug-likeness (QED) is 0.317. The SMILES string of the molecule is CCOC(=O)c1c(NC(=O)CSCC(=O)N=c2sc3cc(Br)ccc3n2CCOC)sc2c1CCCC2. The molecule has 2 amide bonds. The first kappa shape index (κ1) is 28.0. The number of fused-ring (bicyclic) bond motifs is 2. The van der Waals surface area contributed by atoms with E-state index in [9.17, 15) is 14.4 Å². The summed E-state index contributed by atoms with van der Waals surface area (Å²) in [5, 5.41) is 3.43. The summed E-state index contributed by atoms with van der Waals surface area (Å²) < 4.78 is 14.4. The number of amides is 2. The van der Waals surface area contributed by atoms with Gasteiger partial charge in [-0.25, -0.2) is 4.79 Å². The standard InChI is InChI=1S/C25H28BrN3O5S3/c1-3-34-24(32)22-16-6-4-5-7-18(16)36-23(22)27-20(30)13-35-14-21(31)28-25-29(10-11-33-2)17-9-8-15(26)12-19(17)37-25/h8-9,12H,3-7,10-11,13-14H2,1-2H3,(H,27,30). The topological polar surface area (TPSA) is 99.0 Å². The van der Waals surface area contributed by atoms with Gasteiger partial charge in [-0.15, -0.1) is 23.1 Å². The van der Waals surface area contributed by atoms with Gasteiger partial charge in [-0.1, -0.05) is 27.3 Å². The summed E-state index contributed by atoms with van der Waals surface area (Å²) in [5.74, 6) is -0.815. The third-order valence-corrected chi connectivity index (χ3v) is 9.41. The van der Waals surface area contributed by atoms with Crippen LogP contribution in [0.25, 0.3) is 10.2 Å². The lowest BCUT2D eigenvalue weighted by molar-refractivity contribution is -0.115. The number of aromatic nitrogens is 1. The highest BCUT2D eigenvalue weighted by Crippen LogP contribution is 2.38. The van der Waals surface area contributed by atoms with E-state index < -0.39 is 5.97 Å². The summed E-state index contributed by atoms with van der Waals surface area (Å²) in [6.07, 6.45) is 3.83. The molecule has 0 fully saturated rings. The van der Waals surface area contributed by atoms with Gasteiger partial charge in [-0.2, -0.15) is 4.99 Å². The average molecular weight is 627 g/mol. The van der Waals surface area contributed by atoms with Crippen molar-refractivity contribution in [2.75, 3.05) is 37.1 Å². The van der Waals surface area contributed by atoms with E-state index in [-0.39, 0.29) is 29.9 Å². The number of thiophene rings is 1. The molecule has 0 aliphatic heterocycles. The number of methoxy groups -OCH3 is 1. The summed E-state index contributed by atoms with van der Waals surface area (Å²) in [6, 6.07) is 5.94. The monoisotopic (exact) mass is 625 g/mol. The first-order chi connectivity index (χ1) is 17.9. The number of thioether (sulfide) groups is 1. The lowest BCUT2D eigenvalue weighted by atomic mass is 9.95. The Labute approximate surface area is 235 Å². The van der Waals surface area contributed by atoms with Crippen LogP contribution in [0.4, 0.5) is 5.00 Å². The number of benzene rings is 1. The van der Waals surface area contributed by atoms with Gasteiger partial charge in [0.15, 0.2) is 4.80 Å². The lowest BCUT2D eigenvalue weighted by Gasteiger charge is -2.12. The van der Waals surface area contributed by atoms with Crippen molar-refractivity contribution in [1.29, 1.82) is 0 Å². The van der Waals surface area contributed by atoms with Crippen LogP contribution in [-0.4, -0.2) is 54.2 Å². The van der Waals surface area contributed by atoms with Crippen molar-refractivity contribution in [2.24, 2.45) is 4.99 Å². The number of hydrogen-bond acceptors (Lipinski definition) is 8. The fourth-order valence-electron chi connectivity index (χ4n) is 4.14. The average Bonchev–Trinajstić information content (AvgIpc) is 3.39. The van der Waals surface area contributed by atoms with Crippen molar-refractivity contribution >= 4 is 83.4 Å². The van der Waals surface area contributed by atoms with Crippen LogP contribution in [-0.2, 0) is 38.4 Å². The van der Waals surface area contributed by atoms with E-state index in [0.29, 0.717) is 28.5 Å². The number of carbonyl (C=O) groups excluding carboxylic acids is 3. The van der Waals surface area contributed by atoms with Crippen LogP contribution in [0, 0.1) is 0 Å². The molecule has 4 rings (SSSR count). The van der Waals surface area contributed by atoms with Crippen molar-refractivity contribution < 1.29 is 23.9 Å². The second kappa shape index (κ2) is 13.2. The summed E-state index contributed by atoms with van der Waals surface area (Å²) in [7, 11) is 1.64. The Bertz CT molecular complexity index is 1380. The fraction of sp³-hybridized carbons (Fsp3) is 0.440. The third-order valence-electron chi connectivity index (χ3n) is 5.75. The molecule has 0 unspecified atom stereocenters. The van der Waals surface area contributed by atoms with E-state index in [4.69, 9.17) is 9.47 Å². The largest absolute Gasteiger partial charge is 0.462 e. The predicted octanol–water partition coefficient (Wildman–Crippen LogP) is 5.03. The second-order valence-corrected chi connectivity index (χ2v) is 12.3. The van der Waals surface area contributed by atoms with Crippen molar-refractivity contribution in [3.05, 3.63) is 43.5 Å². The maximum atomic E-state index is 12.7. The number of thiazole rings is 1. The molecule has 8 nitrogen and oxygen atoms in total. The minimum Gasteiger partial charge on any atom is -0.462 e. The molecule has 1 N–H and O–H groups in total. The fourth-order valence-corrected chi connectivity index (χ4v) is 7.65. The number of esters is 1. The molecule has 0 spiro atoms. The Morgan fingerprint density at radius 2 is 2.00 bits per heavy atom. The number of rotatable bonds is 10. The van der Waals surface area contributed by atoms with Crippen LogP contribution in [0.3, 0.4) is 0 Å². The van der Waals surface area contributed by atoms with Gasteiger partial charge in [0, 0.05) is 23.0 Å². The predicted molar refractivity (Wildman–Crippen MR) is 153 cm³/mol. The molecule has 198 valence electrons. The van der Waals surface area contributed by atoms with Gasteiger partial charge in [0.2, 0.25) is 5.91 Å². The molecule has 1 aliphatic carbocycles. The van der Waals surface area contributed by atoms with Crippen LogP contribution >= 0.6 is 50.4 Å². The molecule has 0 saturated heterocycles. The normalized spacial score (nSPS) is 13.5. The zero-order chi connectivity index (χ0) is 26.4. The van der Waals surface area contributed by atoms with E-state index in [1.165, 1.54) is 34.4 Å². The van der Waals surface area contributed by atoms with E-state index >= 15 is 0 Å². The van der Waals surface area contributed by atoms with Crippen molar-refractivity contribution in [3.8, 4) is 0 Å². The van der Waals surface area contributed by atoms with Crippen molar-refractivity contribution in [3.63, 3.8) is 0 Å². The number of hydrogen-bond donors (Lipinski definition) is 1. The first-order valence-corrected chi connectivity index (χ1v) is 15.5. The molecule has 3 aromatic rings. The Balaban J connectivity index is 1.41. The lowest BCUT2D eigenvalue weighted by Crippen LogP contribution is -2.20. The van der Waals surface area contributed by atoms with Gasteiger partial charge in [-0.3, -0.25) is 9.59 Å². The van der Waals surface area contributed by atoms with Crippen LogP contribution in [0.15, 0.2) is 27.7 Å². The van der Waals surface area contributed by atoms with Gasteiger partial charge < -0.3 is 19.4 Å². The highest BCUT2D eigenvalue weighted by Gasteiger charge is 2.27. The maximum Gasteiger partial charge on any atom is 0.341 e. The smallest absolute Gasteiger partial charge is 0.341 e. The van der Waals surface area contributed by atoms with Gasteiger partial charge in [-0.05, 0) is 56.4 Å². The van der Waals surface area contributed by atoms with Gasteiger partial charge >= 0.3 is 5.97 Å². The Hall–Kier alpha value is -1.99. The molecular weight excluding hydrogens is 598 g/mol. The summed E-state index contributed by atoms with van der Waals surface area (Å²) in [4.78, 5) is 44.0. The molecular formula is C25H28BrN3O5S3. The number of nitrogens with zero attached hydrogens (tertiary/aromatic N) is 2. The number of carbonyl (C=O) groups is 3. The molecule has 12 heteroatoms. The molecule has 2 aromatic heterocycles. The van der Waals surface area contributed by atoms with E-state index in [2.05, 4.69) is 26.2 Å². The van der Waals surface area contributed by atoms with Crippen molar-refractivity contribution in [2.45, 2.75) is 39.2 Å². The first-order valence-electron chi connectivity index (χ1n) is 12.0. The summed E-state index contributed by atoms with van der Waals surface area (Å²) in [6.45, 7) is 3.12. The van der Waals surface area contributed by atoms with Crippen LogP contribution in [0.1, 0.15) is 40.6 Å². The third kappa shape index (κ3) is 6.91. The molecule has 1 aliphatic rings. The minimum absolute atomic E-state index is 0.0707. The molecule has 1 aromatic carbocycles. The maximum absolute atomic E-state index is 12.7. The van der Waals surface area contributed by atoms with Gasteiger partial charge in [0.25, 0.3) is 5.91 Å². The zero-order valence-corrected chi connectivity index (χ0v) is 24.7. The molecule has 0 radical (unpaired) electrons. The van der Waals surface area contributed by atoms with E-state index in [1.54, 1.807) is 14.0 Å². The van der Waals surface area contributed by atoms with E-state index in [1.807, 2.05) is 22.8 Å². The Kier molecular flexibility index (Phi) is 9.99. The number of ether oxygens (including phenoxy) is 2. The summed E-state index contributed by atoms with van der Waals surface area (Å²) in [5.41, 5.74) is 2.48. The molecule has 2 heterocycles. The molecule has 37 heavy (non-hydrogen) atoms. The second-order valence-electron chi connectivity index (χ2n) is 8.32. The van der Waals surface area contributed by atoms with Crippen molar-refractivity contribution in [1.82, 2.24) is 4.57 Å². The zero-order valence-electron chi connectivity index (χ0n) is 20.6. The highest BCUT2D eigenvalue weighted by atomic mass is 79.9. The Morgan fingerprint density at radius 1 is 1.19 bits per heavy atom. The van der Waals surface area contributed by atoms with Gasteiger partial charge in [0.05, 0.1) is 40.5 Å². The summed E-state index contributed by atoms with van der Waals surface area (Å²) >= 11 is 7.58. The number of halogens is 1. The molecule has 0 atom stereocenters. The van der Waals surface area contributed by atoms with Crippen LogP contribution < -0.4 is 10.1 Å². The molecule has 0 saturated carbocycles. The Morgan fingerprint density at radius 3 is 2.78 bits per heavy atom. The minimum atomic E-state index is -0.393. The number of nitrogens with one attached hydrogen (secondary N) is 1. The number of aryl methyl sites for hydroxylation is 1. The van der Waals surface area contributed by atoms with E-state index in [0.717, 1.165) is 50.8 Å². The van der Waals surface area contributed by atoms with Gasteiger partial charge in [0.1, 0.15) is 5.00 Å². The van der Waals surface area contributed by atoms with Crippen LogP contribution in [0.5, 0.6) is 0 Å².